The van der Waals surface area contributed by atoms with Gasteiger partial charge in [0.25, 0.3) is 5.91 Å². The van der Waals surface area contributed by atoms with Crippen LogP contribution in [0.4, 0.5) is 5.69 Å². The SMILES string of the molecule is CNC(=O)/C(C#N)=C1\S[C@@H](Cc2ccccc2C)C(=O)N1c1ccc(Cl)cc1. The number of nitrogens with one attached hydrogen (secondary N) is 1. The van der Waals surface area contributed by atoms with Crippen molar-refractivity contribution in [2.45, 2.75) is 18.6 Å². The molecule has 0 bridgehead atoms. The summed E-state index contributed by atoms with van der Waals surface area (Å²) in [7, 11) is 1.46. The first-order chi connectivity index (χ1) is 13.5. The van der Waals surface area contributed by atoms with E-state index in [-0.39, 0.29) is 11.5 Å². The van der Waals surface area contributed by atoms with Gasteiger partial charge in [0.15, 0.2) is 0 Å². The van der Waals surface area contributed by atoms with Crippen molar-refractivity contribution in [3.63, 3.8) is 0 Å². The van der Waals surface area contributed by atoms with E-state index >= 15 is 0 Å². The van der Waals surface area contributed by atoms with E-state index in [0.717, 1.165) is 11.1 Å². The lowest BCUT2D eigenvalue weighted by atomic mass is 10.0. The molecule has 2 aromatic rings. The molecule has 0 unspecified atom stereocenters. The van der Waals surface area contributed by atoms with E-state index in [9.17, 15) is 14.9 Å². The minimum Gasteiger partial charge on any atom is -0.354 e. The van der Waals surface area contributed by atoms with Gasteiger partial charge in [-0.15, -0.1) is 0 Å². The van der Waals surface area contributed by atoms with Gasteiger partial charge in [-0.3, -0.25) is 14.5 Å². The largest absolute Gasteiger partial charge is 0.354 e. The third-order valence-corrected chi connectivity index (χ3v) is 6.00. The average molecular weight is 412 g/mol. The highest BCUT2D eigenvalue weighted by molar-refractivity contribution is 8.05. The Balaban J connectivity index is 2.06. The molecule has 0 radical (unpaired) electrons. The number of hydrogen-bond acceptors (Lipinski definition) is 4. The first-order valence-electron chi connectivity index (χ1n) is 8.63. The molecule has 2 aromatic carbocycles. The van der Waals surface area contributed by atoms with Gasteiger partial charge in [-0.05, 0) is 48.7 Å². The first kappa shape index (κ1) is 20.0. The molecule has 1 fully saturated rings. The molecule has 1 aliphatic rings. The van der Waals surface area contributed by atoms with Crippen LogP contribution in [0.25, 0.3) is 0 Å². The van der Waals surface area contributed by atoms with Gasteiger partial charge < -0.3 is 5.32 Å². The van der Waals surface area contributed by atoms with Crippen LogP contribution in [0.15, 0.2) is 59.1 Å². The topological polar surface area (TPSA) is 73.2 Å². The summed E-state index contributed by atoms with van der Waals surface area (Å²) >= 11 is 7.22. The van der Waals surface area contributed by atoms with Gasteiger partial charge in [0.1, 0.15) is 16.7 Å². The Kier molecular flexibility index (Phi) is 6.08. The number of thioether (sulfide) groups is 1. The second kappa shape index (κ2) is 8.51. The first-order valence-corrected chi connectivity index (χ1v) is 9.89. The van der Waals surface area contributed by atoms with Crippen LogP contribution in [0.3, 0.4) is 0 Å². The van der Waals surface area contributed by atoms with Crippen molar-refractivity contribution in [2.24, 2.45) is 0 Å². The molecular formula is C21H18ClN3O2S. The monoisotopic (exact) mass is 411 g/mol. The normalized spacial score (nSPS) is 18.0. The molecule has 142 valence electrons. The zero-order valence-corrected chi connectivity index (χ0v) is 17.0. The lowest BCUT2D eigenvalue weighted by Gasteiger charge is -2.18. The summed E-state index contributed by atoms with van der Waals surface area (Å²) in [6, 6.07) is 16.6. The van der Waals surface area contributed by atoms with Crippen molar-refractivity contribution in [3.8, 4) is 6.07 Å². The minimum absolute atomic E-state index is 0.0805. The molecule has 0 aliphatic carbocycles. The van der Waals surface area contributed by atoms with Gasteiger partial charge in [-0.25, -0.2) is 0 Å². The number of rotatable bonds is 4. The Morgan fingerprint density at radius 3 is 2.54 bits per heavy atom. The van der Waals surface area contributed by atoms with Gasteiger partial charge in [0.05, 0.1) is 5.25 Å². The van der Waals surface area contributed by atoms with Gasteiger partial charge in [0, 0.05) is 17.8 Å². The summed E-state index contributed by atoms with van der Waals surface area (Å²) in [5.74, 6) is -0.685. The molecule has 1 atom stereocenters. The second-order valence-corrected chi connectivity index (χ2v) is 7.89. The molecule has 1 N–H and O–H groups in total. The van der Waals surface area contributed by atoms with E-state index in [2.05, 4.69) is 5.32 Å². The summed E-state index contributed by atoms with van der Waals surface area (Å²) in [6.07, 6.45) is 0.510. The Morgan fingerprint density at radius 2 is 1.93 bits per heavy atom. The van der Waals surface area contributed by atoms with E-state index < -0.39 is 11.2 Å². The average Bonchev–Trinajstić information content (AvgIpc) is 3.01. The highest BCUT2D eigenvalue weighted by Gasteiger charge is 2.40. The molecule has 7 heteroatoms. The molecule has 1 heterocycles. The maximum Gasteiger partial charge on any atom is 0.264 e. The summed E-state index contributed by atoms with van der Waals surface area (Å²) in [6.45, 7) is 2.00. The molecule has 1 saturated heterocycles. The Bertz CT molecular complexity index is 995. The van der Waals surface area contributed by atoms with Crippen LogP contribution < -0.4 is 10.2 Å². The fourth-order valence-electron chi connectivity index (χ4n) is 2.98. The summed E-state index contributed by atoms with van der Waals surface area (Å²) in [5.41, 5.74) is 2.64. The number of amides is 2. The molecule has 0 aromatic heterocycles. The van der Waals surface area contributed by atoms with E-state index in [1.54, 1.807) is 24.3 Å². The molecule has 28 heavy (non-hydrogen) atoms. The standard InChI is InChI=1S/C21H18ClN3O2S/c1-13-5-3-4-6-14(13)11-18-20(27)25(16-9-7-15(22)8-10-16)21(28-18)17(12-23)19(26)24-2/h3-10,18H,11H2,1-2H3,(H,24,26)/b21-17-/t18-/m0/s1. The predicted molar refractivity (Wildman–Crippen MR) is 112 cm³/mol. The van der Waals surface area contributed by atoms with Crippen molar-refractivity contribution in [2.75, 3.05) is 11.9 Å². The van der Waals surface area contributed by atoms with E-state index in [1.165, 1.54) is 23.7 Å². The zero-order chi connectivity index (χ0) is 20.3. The lowest BCUT2D eigenvalue weighted by Crippen LogP contribution is -2.31. The number of anilines is 1. The van der Waals surface area contributed by atoms with Crippen molar-refractivity contribution >= 4 is 40.9 Å². The highest BCUT2D eigenvalue weighted by atomic mass is 35.5. The third kappa shape index (κ3) is 3.91. The third-order valence-electron chi connectivity index (χ3n) is 4.48. The number of nitrogens with zero attached hydrogens (tertiary/aromatic N) is 2. The maximum atomic E-state index is 13.2. The number of aryl methyl sites for hydroxylation is 1. The number of benzene rings is 2. The van der Waals surface area contributed by atoms with Gasteiger partial charge in [-0.2, -0.15) is 5.26 Å². The maximum absolute atomic E-state index is 13.2. The Hall–Kier alpha value is -2.75. The fourth-order valence-corrected chi connectivity index (χ4v) is 4.40. The van der Waals surface area contributed by atoms with Crippen molar-refractivity contribution < 1.29 is 9.59 Å². The van der Waals surface area contributed by atoms with E-state index in [1.807, 2.05) is 37.3 Å². The summed E-state index contributed by atoms with van der Waals surface area (Å²) in [5, 5.41) is 12.5. The zero-order valence-electron chi connectivity index (χ0n) is 15.4. The Labute approximate surface area is 173 Å². The van der Waals surface area contributed by atoms with Gasteiger partial charge in [0.2, 0.25) is 5.91 Å². The van der Waals surface area contributed by atoms with Crippen LogP contribution in [0.1, 0.15) is 11.1 Å². The van der Waals surface area contributed by atoms with E-state index in [4.69, 9.17) is 11.6 Å². The minimum atomic E-state index is -0.520. The van der Waals surface area contributed by atoms with Crippen molar-refractivity contribution in [1.29, 1.82) is 5.26 Å². The Morgan fingerprint density at radius 1 is 1.25 bits per heavy atom. The van der Waals surface area contributed by atoms with Gasteiger partial charge in [-0.1, -0.05) is 47.6 Å². The van der Waals surface area contributed by atoms with Gasteiger partial charge >= 0.3 is 0 Å². The second-order valence-electron chi connectivity index (χ2n) is 6.26. The molecule has 2 amide bonds. The fraction of sp³-hybridized carbons (Fsp3) is 0.190. The molecule has 0 spiro atoms. The van der Waals surface area contributed by atoms with E-state index in [0.29, 0.717) is 22.2 Å². The van der Waals surface area contributed by atoms with Crippen LogP contribution in [-0.4, -0.2) is 24.1 Å². The van der Waals surface area contributed by atoms with Crippen LogP contribution in [0.2, 0.25) is 5.02 Å². The number of carbonyl (C=O) groups excluding carboxylic acids is 2. The number of carbonyl (C=O) groups is 2. The van der Waals surface area contributed by atoms with Crippen LogP contribution in [0, 0.1) is 18.3 Å². The molecule has 0 saturated carbocycles. The number of hydrogen-bond donors (Lipinski definition) is 1. The summed E-state index contributed by atoms with van der Waals surface area (Å²) < 4.78 is 0. The molecule has 1 aliphatic heterocycles. The van der Waals surface area contributed by atoms with Crippen LogP contribution >= 0.6 is 23.4 Å². The quantitative estimate of drug-likeness (QED) is 0.613. The lowest BCUT2D eigenvalue weighted by molar-refractivity contribution is -0.117. The van der Waals surface area contributed by atoms with Crippen molar-refractivity contribution in [1.82, 2.24) is 5.32 Å². The number of likely N-dealkylation sites (N-methyl/N-ethyl adjacent to an activating group) is 1. The highest BCUT2D eigenvalue weighted by Crippen LogP contribution is 2.42. The smallest absolute Gasteiger partial charge is 0.264 e. The van der Waals surface area contributed by atoms with Crippen molar-refractivity contribution in [3.05, 3.63) is 75.3 Å². The predicted octanol–water partition coefficient (Wildman–Crippen LogP) is 3.82. The summed E-state index contributed by atoms with van der Waals surface area (Å²) in [4.78, 5) is 26.9. The molecule has 5 nitrogen and oxygen atoms in total. The van der Waals surface area contributed by atoms with Crippen LogP contribution in [0.5, 0.6) is 0 Å². The number of nitriles is 1. The van der Waals surface area contributed by atoms with Crippen LogP contribution in [-0.2, 0) is 16.0 Å². The molecule has 3 rings (SSSR count). The number of halogens is 1. The molecular weight excluding hydrogens is 394 g/mol.